The van der Waals surface area contributed by atoms with Gasteiger partial charge in [0.1, 0.15) is 19.0 Å². The van der Waals surface area contributed by atoms with Crippen LogP contribution in [-0.4, -0.2) is 37.3 Å². The molecule has 1 aliphatic carbocycles. The molecule has 144 valence electrons. The highest BCUT2D eigenvalue weighted by Crippen LogP contribution is 2.30. The van der Waals surface area contributed by atoms with Gasteiger partial charge in [-0.1, -0.05) is 29.8 Å². The molecule has 2 rings (SSSR count). The lowest BCUT2D eigenvalue weighted by Crippen LogP contribution is -2.29. The predicted molar refractivity (Wildman–Crippen MR) is 93.8 cm³/mol. The minimum absolute atomic E-state index is 0.233. The number of aryl methyl sites for hydroxylation is 1. The molecule has 1 aliphatic rings. The van der Waals surface area contributed by atoms with Crippen LogP contribution in [0.2, 0.25) is 0 Å². The van der Waals surface area contributed by atoms with Crippen molar-refractivity contribution >= 4 is 22.1 Å². The van der Waals surface area contributed by atoms with E-state index in [4.69, 9.17) is 14.0 Å². The molecule has 0 saturated heterocycles. The first-order valence-electron chi connectivity index (χ1n) is 8.58. The molecule has 1 fully saturated rings. The number of benzene rings is 1. The largest absolute Gasteiger partial charge is 0.464 e. The van der Waals surface area contributed by atoms with E-state index in [2.05, 4.69) is 0 Å². The molecule has 1 aromatic rings. The Morgan fingerprint density at radius 3 is 2.00 bits per heavy atom. The molecule has 0 heterocycles. The topological polar surface area (TPSA) is 107 Å². The Balaban J connectivity index is 1.70. The zero-order valence-corrected chi connectivity index (χ0v) is 15.5. The van der Waals surface area contributed by atoms with E-state index in [1.54, 1.807) is 0 Å². The summed E-state index contributed by atoms with van der Waals surface area (Å²) in [5, 5.41) is 0. The van der Waals surface area contributed by atoms with Gasteiger partial charge in [0, 0.05) is 0 Å². The number of ether oxygens (including phenoxy) is 2. The van der Waals surface area contributed by atoms with Crippen molar-refractivity contribution in [2.24, 2.45) is 11.8 Å². The zero-order valence-electron chi connectivity index (χ0n) is 14.7. The monoisotopic (exact) mass is 384 g/mol. The Kier molecular flexibility index (Phi) is 7.16. The number of hydrogen-bond acceptors (Lipinski definition) is 6. The fourth-order valence-electron chi connectivity index (χ4n) is 2.89. The lowest BCUT2D eigenvalue weighted by molar-refractivity contribution is -0.155. The summed E-state index contributed by atoms with van der Waals surface area (Å²) in [6.07, 6.45) is 2.06. The van der Waals surface area contributed by atoms with Crippen molar-refractivity contribution in [3.63, 3.8) is 0 Å². The van der Waals surface area contributed by atoms with E-state index in [0.717, 1.165) is 11.1 Å². The van der Waals surface area contributed by atoms with Crippen LogP contribution in [0.1, 0.15) is 36.8 Å². The van der Waals surface area contributed by atoms with Gasteiger partial charge < -0.3 is 9.47 Å². The van der Waals surface area contributed by atoms with Crippen LogP contribution < -0.4 is 0 Å². The van der Waals surface area contributed by atoms with Crippen LogP contribution in [0.25, 0.3) is 0 Å². The van der Waals surface area contributed by atoms with E-state index in [-0.39, 0.29) is 31.0 Å². The zero-order chi connectivity index (χ0) is 19.2. The fourth-order valence-corrected chi connectivity index (χ4v) is 3.18. The summed E-state index contributed by atoms with van der Waals surface area (Å²) in [6.45, 7) is 1.86. The van der Waals surface area contributed by atoms with E-state index in [1.807, 2.05) is 31.2 Å². The third-order valence-corrected chi connectivity index (χ3v) is 5.16. The smallest absolute Gasteiger partial charge is 0.309 e. The van der Waals surface area contributed by atoms with Gasteiger partial charge in [-0.15, -0.1) is 0 Å². The van der Waals surface area contributed by atoms with Crippen LogP contribution in [0.4, 0.5) is 0 Å². The fraction of sp³-hybridized carbons (Fsp3) is 0.556. The molecule has 7 nitrogen and oxygen atoms in total. The number of carbonyl (C=O) groups is 2. The van der Waals surface area contributed by atoms with Crippen molar-refractivity contribution < 1.29 is 32.0 Å². The van der Waals surface area contributed by atoms with Crippen molar-refractivity contribution in [3.8, 4) is 0 Å². The van der Waals surface area contributed by atoms with Crippen LogP contribution in [0, 0.1) is 18.8 Å². The summed E-state index contributed by atoms with van der Waals surface area (Å²) in [5.41, 5.74) is 2.07. The molecule has 0 bridgehead atoms. The summed E-state index contributed by atoms with van der Waals surface area (Å²) in [5.74, 6) is -1.94. The molecule has 1 aromatic carbocycles. The normalized spacial score (nSPS) is 20.4. The van der Waals surface area contributed by atoms with Crippen LogP contribution in [-0.2, 0) is 35.8 Å². The van der Waals surface area contributed by atoms with Gasteiger partial charge in [0.05, 0.1) is 11.8 Å². The van der Waals surface area contributed by atoms with Crippen LogP contribution in [0.5, 0.6) is 0 Å². The highest BCUT2D eigenvalue weighted by molar-refractivity contribution is 7.85. The molecule has 0 radical (unpaired) electrons. The van der Waals surface area contributed by atoms with Gasteiger partial charge in [-0.2, -0.15) is 8.42 Å². The Hall–Kier alpha value is -1.93. The minimum Gasteiger partial charge on any atom is -0.464 e. The van der Waals surface area contributed by atoms with Crippen molar-refractivity contribution in [1.82, 2.24) is 0 Å². The second-order valence-corrected chi connectivity index (χ2v) is 8.17. The van der Waals surface area contributed by atoms with Crippen LogP contribution in [0.15, 0.2) is 24.3 Å². The summed E-state index contributed by atoms with van der Waals surface area (Å²) in [6, 6.07) is 7.76. The molecule has 0 aliphatic heterocycles. The van der Waals surface area contributed by atoms with Gasteiger partial charge in [-0.05, 0) is 38.2 Å². The summed E-state index contributed by atoms with van der Waals surface area (Å²) in [7, 11) is -4.14. The SMILES string of the molecule is Cc1ccc(COC(=O)C2CCC(C(=O)OCCS(=O)(=O)O)CC2)cc1. The molecular weight excluding hydrogens is 360 g/mol. The van der Waals surface area contributed by atoms with Gasteiger partial charge in [-0.25, -0.2) is 0 Å². The van der Waals surface area contributed by atoms with E-state index < -0.39 is 21.8 Å². The number of hydrogen-bond donors (Lipinski definition) is 1. The maximum Gasteiger partial charge on any atom is 0.309 e. The second kappa shape index (κ2) is 9.14. The molecule has 0 aromatic heterocycles. The van der Waals surface area contributed by atoms with Crippen LogP contribution >= 0.6 is 0 Å². The van der Waals surface area contributed by atoms with Gasteiger partial charge >= 0.3 is 11.9 Å². The third kappa shape index (κ3) is 6.76. The molecule has 26 heavy (non-hydrogen) atoms. The molecule has 0 amide bonds. The maximum absolute atomic E-state index is 12.2. The first-order valence-corrected chi connectivity index (χ1v) is 10.2. The quantitative estimate of drug-likeness (QED) is 0.567. The van der Waals surface area contributed by atoms with Crippen molar-refractivity contribution in [2.45, 2.75) is 39.2 Å². The van der Waals surface area contributed by atoms with Gasteiger partial charge in [0.15, 0.2) is 0 Å². The molecule has 0 atom stereocenters. The lowest BCUT2D eigenvalue weighted by atomic mass is 9.82. The summed E-state index contributed by atoms with van der Waals surface area (Å²) in [4.78, 5) is 24.0. The first kappa shape index (κ1) is 20.4. The first-order chi connectivity index (χ1) is 12.2. The minimum atomic E-state index is -4.14. The Bertz CT molecular complexity index is 716. The van der Waals surface area contributed by atoms with Crippen molar-refractivity contribution in [3.05, 3.63) is 35.4 Å². The number of rotatable bonds is 7. The second-order valence-electron chi connectivity index (χ2n) is 6.60. The highest BCUT2D eigenvalue weighted by atomic mass is 32.2. The van der Waals surface area contributed by atoms with E-state index in [9.17, 15) is 18.0 Å². The van der Waals surface area contributed by atoms with Crippen molar-refractivity contribution in [1.29, 1.82) is 0 Å². The van der Waals surface area contributed by atoms with Crippen LogP contribution in [0.3, 0.4) is 0 Å². The van der Waals surface area contributed by atoms with Crippen molar-refractivity contribution in [2.75, 3.05) is 12.4 Å². The molecule has 1 N–H and O–H groups in total. The summed E-state index contributed by atoms with van der Waals surface area (Å²) >= 11 is 0. The Labute approximate surface area is 153 Å². The predicted octanol–water partition coefficient (Wildman–Crippen LogP) is 2.28. The maximum atomic E-state index is 12.2. The molecule has 1 saturated carbocycles. The molecule has 0 unspecified atom stereocenters. The standard InChI is InChI=1S/C18H24O7S/c1-13-2-4-14(5-3-13)12-25-18(20)16-8-6-15(7-9-16)17(19)24-10-11-26(21,22)23/h2-5,15-16H,6-12H2,1H3,(H,21,22,23). The average Bonchev–Trinajstić information content (AvgIpc) is 2.60. The Morgan fingerprint density at radius 1 is 1.00 bits per heavy atom. The number of carbonyl (C=O) groups excluding carboxylic acids is 2. The molecule has 8 heteroatoms. The number of esters is 2. The average molecular weight is 384 g/mol. The van der Waals surface area contributed by atoms with E-state index >= 15 is 0 Å². The highest BCUT2D eigenvalue weighted by Gasteiger charge is 2.31. The van der Waals surface area contributed by atoms with E-state index in [1.165, 1.54) is 0 Å². The van der Waals surface area contributed by atoms with Gasteiger partial charge in [0.25, 0.3) is 10.1 Å². The van der Waals surface area contributed by atoms with Gasteiger partial charge in [-0.3, -0.25) is 14.1 Å². The lowest BCUT2D eigenvalue weighted by Gasteiger charge is -2.25. The summed E-state index contributed by atoms with van der Waals surface area (Å²) < 4.78 is 40.0. The molecule has 0 spiro atoms. The Morgan fingerprint density at radius 2 is 1.50 bits per heavy atom. The third-order valence-electron chi connectivity index (χ3n) is 4.48. The van der Waals surface area contributed by atoms with Gasteiger partial charge in [0.2, 0.25) is 0 Å². The molecular formula is C18H24O7S. The van der Waals surface area contributed by atoms with E-state index in [0.29, 0.717) is 25.7 Å².